The highest BCUT2D eigenvalue weighted by Gasteiger charge is 2.18. The third-order valence-corrected chi connectivity index (χ3v) is 3.55. The zero-order valence-corrected chi connectivity index (χ0v) is 11.0. The molecule has 2 N–H and O–H groups in total. The van der Waals surface area contributed by atoms with Gasteiger partial charge in [-0.05, 0) is 30.9 Å². The van der Waals surface area contributed by atoms with E-state index in [9.17, 15) is 4.79 Å². The number of rotatable bonds is 4. The lowest BCUT2D eigenvalue weighted by Crippen LogP contribution is -2.38. The van der Waals surface area contributed by atoms with Crippen LogP contribution in [0.4, 0.5) is 5.69 Å². The van der Waals surface area contributed by atoms with Crippen LogP contribution in [0, 0.1) is 5.92 Å². The molecule has 1 aromatic carbocycles. The summed E-state index contributed by atoms with van der Waals surface area (Å²) in [4.78, 5) is 11.8. The van der Waals surface area contributed by atoms with E-state index in [1.165, 1.54) is 25.7 Å². The summed E-state index contributed by atoms with van der Waals surface area (Å²) in [5.74, 6) is 0.827. The quantitative estimate of drug-likeness (QED) is 0.857. The second-order valence-corrected chi connectivity index (χ2v) is 5.26. The number of benzene rings is 1. The molecule has 0 heterocycles. The molecule has 2 rings (SSSR count). The van der Waals surface area contributed by atoms with Gasteiger partial charge in [-0.15, -0.1) is 0 Å². The van der Waals surface area contributed by atoms with Crippen LogP contribution in [0.15, 0.2) is 30.3 Å². The minimum atomic E-state index is 0.0411. The standard InChI is InChI=1S/C15H22N2O/c1-12-6-5-9-14(10-12)16-11-15(18)17-13-7-3-2-4-8-13/h2-4,7-8,12,14,16H,5-6,9-11H2,1H3,(H,17,18)/t12-,14+/m1/s1. The summed E-state index contributed by atoms with van der Waals surface area (Å²) >= 11 is 0. The van der Waals surface area contributed by atoms with E-state index in [0.29, 0.717) is 12.6 Å². The summed E-state index contributed by atoms with van der Waals surface area (Å²) in [6.45, 7) is 2.70. The maximum absolute atomic E-state index is 11.8. The topological polar surface area (TPSA) is 41.1 Å². The largest absolute Gasteiger partial charge is 0.325 e. The van der Waals surface area contributed by atoms with Crippen LogP contribution in [0.25, 0.3) is 0 Å². The van der Waals surface area contributed by atoms with Crippen LogP contribution >= 0.6 is 0 Å². The van der Waals surface area contributed by atoms with Crippen molar-refractivity contribution < 1.29 is 4.79 Å². The van der Waals surface area contributed by atoms with Crippen molar-refractivity contribution in [1.82, 2.24) is 5.32 Å². The third-order valence-electron chi connectivity index (χ3n) is 3.55. The first kappa shape index (κ1) is 13.1. The van der Waals surface area contributed by atoms with Crippen molar-refractivity contribution in [2.45, 2.75) is 38.6 Å². The molecule has 0 unspecified atom stereocenters. The Morgan fingerprint density at radius 1 is 1.28 bits per heavy atom. The molecule has 1 aliphatic carbocycles. The molecular formula is C15H22N2O. The fourth-order valence-corrected chi connectivity index (χ4v) is 2.58. The van der Waals surface area contributed by atoms with Gasteiger partial charge in [0.15, 0.2) is 0 Å². The molecule has 1 fully saturated rings. The van der Waals surface area contributed by atoms with Gasteiger partial charge < -0.3 is 10.6 Å². The number of anilines is 1. The number of hydrogen-bond donors (Lipinski definition) is 2. The Bertz CT molecular complexity index is 377. The van der Waals surface area contributed by atoms with Crippen LogP contribution in [0.5, 0.6) is 0 Å². The number of amides is 1. The lowest BCUT2D eigenvalue weighted by Gasteiger charge is -2.27. The normalized spacial score (nSPS) is 23.6. The first-order valence-corrected chi connectivity index (χ1v) is 6.82. The third kappa shape index (κ3) is 4.15. The van der Waals surface area contributed by atoms with Gasteiger partial charge in [0, 0.05) is 11.7 Å². The minimum absolute atomic E-state index is 0.0411. The molecule has 0 aliphatic heterocycles. The Morgan fingerprint density at radius 3 is 2.78 bits per heavy atom. The smallest absolute Gasteiger partial charge is 0.238 e. The van der Waals surface area contributed by atoms with E-state index in [0.717, 1.165) is 11.6 Å². The van der Waals surface area contributed by atoms with Crippen molar-refractivity contribution in [3.63, 3.8) is 0 Å². The average molecular weight is 246 g/mol. The highest BCUT2D eigenvalue weighted by molar-refractivity contribution is 5.92. The SMILES string of the molecule is C[C@@H]1CCC[C@H](NCC(=O)Nc2ccccc2)C1. The summed E-state index contributed by atoms with van der Waals surface area (Å²) in [5.41, 5.74) is 0.862. The molecule has 2 atom stereocenters. The Kier molecular flexibility index (Phi) is 4.76. The van der Waals surface area contributed by atoms with E-state index in [1.807, 2.05) is 30.3 Å². The lowest BCUT2D eigenvalue weighted by atomic mass is 9.87. The van der Waals surface area contributed by atoms with Gasteiger partial charge in [-0.3, -0.25) is 4.79 Å². The predicted molar refractivity (Wildman–Crippen MR) is 74.5 cm³/mol. The van der Waals surface area contributed by atoms with Gasteiger partial charge in [-0.25, -0.2) is 0 Å². The van der Waals surface area contributed by atoms with Crippen LogP contribution in [0.1, 0.15) is 32.6 Å². The fraction of sp³-hybridized carbons (Fsp3) is 0.533. The zero-order chi connectivity index (χ0) is 12.8. The van der Waals surface area contributed by atoms with Crippen molar-refractivity contribution in [1.29, 1.82) is 0 Å². The van der Waals surface area contributed by atoms with Crippen molar-refractivity contribution in [3.8, 4) is 0 Å². The Labute approximate surface area is 109 Å². The van der Waals surface area contributed by atoms with Crippen LogP contribution in [-0.4, -0.2) is 18.5 Å². The Balaban J connectivity index is 1.71. The first-order chi connectivity index (χ1) is 8.74. The number of para-hydroxylation sites is 1. The maximum Gasteiger partial charge on any atom is 0.238 e. The molecule has 98 valence electrons. The summed E-state index contributed by atoms with van der Waals surface area (Å²) in [6.07, 6.45) is 5.00. The second-order valence-electron chi connectivity index (χ2n) is 5.26. The summed E-state index contributed by atoms with van der Waals surface area (Å²) in [5, 5.41) is 6.25. The highest BCUT2D eigenvalue weighted by atomic mass is 16.1. The molecule has 18 heavy (non-hydrogen) atoms. The lowest BCUT2D eigenvalue weighted by molar-refractivity contribution is -0.115. The van der Waals surface area contributed by atoms with Gasteiger partial charge in [0.05, 0.1) is 6.54 Å². The molecule has 0 radical (unpaired) electrons. The molecule has 0 spiro atoms. The number of nitrogens with one attached hydrogen (secondary N) is 2. The van der Waals surface area contributed by atoms with Crippen LogP contribution in [0.2, 0.25) is 0 Å². The second kappa shape index (κ2) is 6.55. The molecule has 1 saturated carbocycles. The van der Waals surface area contributed by atoms with Crippen LogP contribution in [0.3, 0.4) is 0 Å². The van der Waals surface area contributed by atoms with Crippen molar-refractivity contribution in [3.05, 3.63) is 30.3 Å². The molecule has 0 aromatic heterocycles. The molecule has 0 bridgehead atoms. The van der Waals surface area contributed by atoms with E-state index in [2.05, 4.69) is 17.6 Å². The average Bonchev–Trinajstić information content (AvgIpc) is 2.38. The van der Waals surface area contributed by atoms with Gasteiger partial charge in [-0.1, -0.05) is 38.0 Å². The number of hydrogen-bond acceptors (Lipinski definition) is 2. The van der Waals surface area contributed by atoms with Gasteiger partial charge in [0.2, 0.25) is 5.91 Å². The van der Waals surface area contributed by atoms with E-state index in [-0.39, 0.29) is 5.91 Å². The van der Waals surface area contributed by atoms with E-state index in [1.54, 1.807) is 0 Å². The summed E-state index contributed by atoms with van der Waals surface area (Å²) in [7, 11) is 0. The molecule has 3 nitrogen and oxygen atoms in total. The summed E-state index contributed by atoms with van der Waals surface area (Å²) in [6, 6.07) is 10.1. The molecular weight excluding hydrogens is 224 g/mol. The van der Waals surface area contributed by atoms with Crippen molar-refractivity contribution in [2.24, 2.45) is 5.92 Å². The van der Waals surface area contributed by atoms with E-state index in [4.69, 9.17) is 0 Å². The van der Waals surface area contributed by atoms with Crippen molar-refractivity contribution >= 4 is 11.6 Å². The number of carbonyl (C=O) groups excluding carboxylic acids is 1. The minimum Gasteiger partial charge on any atom is -0.325 e. The first-order valence-electron chi connectivity index (χ1n) is 6.82. The summed E-state index contributed by atoms with van der Waals surface area (Å²) < 4.78 is 0. The number of carbonyl (C=O) groups is 1. The van der Waals surface area contributed by atoms with E-state index < -0.39 is 0 Å². The Morgan fingerprint density at radius 2 is 2.06 bits per heavy atom. The van der Waals surface area contributed by atoms with E-state index >= 15 is 0 Å². The van der Waals surface area contributed by atoms with Crippen molar-refractivity contribution in [2.75, 3.05) is 11.9 Å². The predicted octanol–water partition coefficient (Wildman–Crippen LogP) is 2.79. The molecule has 3 heteroatoms. The highest BCUT2D eigenvalue weighted by Crippen LogP contribution is 2.23. The molecule has 1 aliphatic rings. The Hall–Kier alpha value is -1.35. The molecule has 1 amide bonds. The monoisotopic (exact) mass is 246 g/mol. The van der Waals surface area contributed by atoms with Crippen LogP contribution in [-0.2, 0) is 4.79 Å². The van der Waals surface area contributed by atoms with Gasteiger partial charge in [-0.2, -0.15) is 0 Å². The zero-order valence-electron chi connectivity index (χ0n) is 11.0. The van der Waals surface area contributed by atoms with Gasteiger partial charge in [0.1, 0.15) is 0 Å². The molecule has 1 aromatic rings. The maximum atomic E-state index is 11.8. The fourth-order valence-electron chi connectivity index (χ4n) is 2.58. The van der Waals surface area contributed by atoms with Crippen LogP contribution < -0.4 is 10.6 Å². The van der Waals surface area contributed by atoms with Gasteiger partial charge >= 0.3 is 0 Å². The van der Waals surface area contributed by atoms with Gasteiger partial charge in [0.25, 0.3) is 0 Å². The molecule has 0 saturated heterocycles.